The molecule has 0 aromatic heterocycles. The summed E-state index contributed by atoms with van der Waals surface area (Å²) in [5.74, 6) is -4.68. The molecule has 0 rings (SSSR count). The zero-order valence-corrected chi connectivity index (χ0v) is 13.7. The fraction of sp³-hybridized carbons (Fsp3) is 0.750. The third-order valence-electron chi connectivity index (χ3n) is 3.56. The van der Waals surface area contributed by atoms with Gasteiger partial charge in [-0.25, -0.2) is 0 Å². The van der Waals surface area contributed by atoms with E-state index in [4.69, 9.17) is 14.9 Å². The average Bonchev–Trinajstić information content (AvgIpc) is 2.46. The van der Waals surface area contributed by atoms with Gasteiger partial charge < -0.3 is 14.9 Å². The molecule has 0 amide bonds. The Morgan fingerprint density at radius 1 is 0.739 bits per heavy atom. The predicted octanol–water partition coefficient (Wildman–Crippen LogP) is 2.62. The molecule has 0 saturated heterocycles. The van der Waals surface area contributed by atoms with Crippen LogP contribution in [0.25, 0.3) is 0 Å². The number of ether oxygens (including phenoxy) is 1. The van der Waals surface area contributed by atoms with E-state index in [2.05, 4.69) is 0 Å². The van der Waals surface area contributed by atoms with Gasteiger partial charge in [-0.05, 0) is 25.7 Å². The molecule has 2 N–H and O–H groups in total. The molecule has 7 heteroatoms. The van der Waals surface area contributed by atoms with Crippen LogP contribution in [0.15, 0.2) is 0 Å². The monoisotopic (exact) mass is 330 g/mol. The number of hydrogen-bond acceptors (Lipinski definition) is 5. The molecule has 0 spiro atoms. The van der Waals surface area contributed by atoms with Gasteiger partial charge in [-0.15, -0.1) is 0 Å². The molecule has 2 atom stereocenters. The summed E-state index contributed by atoms with van der Waals surface area (Å²) in [6.45, 7) is 3.71. The fourth-order valence-corrected chi connectivity index (χ4v) is 2.32. The molecule has 0 aliphatic carbocycles. The summed E-state index contributed by atoms with van der Waals surface area (Å²) < 4.78 is 4.88. The van der Waals surface area contributed by atoms with Gasteiger partial charge in [0.25, 0.3) is 0 Å². The first-order valence-electron chi connectivity index (χ1n) is 8.00. The van der Waals surface area contributed by atoms with Gasteiger partial charge in [-0.1, -0.05) is 26.7 Å². The Hall–Kier alpha value is -1.92. The van der Waals surface area contributed by atoms with Crippen LogP contribution in [0.1, 0.15) is 65.2 Å². The highest BCUT2D eigenvalue weighted by Gasteiger charge is 2.27. The quantitative estimate of drug-likeness (QED) is 0.417. The average molecular weight is 330 g/mol. The SMILES string of the molecule is CCCC(CCC(=O)O)C(=O)OC(=O)C(CCC)CCC(=O)O. The molecule has 0 aliphatic heterocycles. The second-order valence-corrected chi connectivity index (χ2v) is 5.58. The Morgan fingerprint density at radius 2 is 1.09 bits per heavy atom. The lowest BCUT2D eigenvalue weighted by molar-refractivity contribution is -0.166. The summed E-state index contributed by atoms with van der Waals surface area (Å²) in [6.07, 6.45) is 2.18. The number of rotatable bonds is 12. The van der Waals surface area contributed by atoms with E-state index in [1.165, 1.54) is 0 Å². The zero-order valence-electron chi connectivity index (χ0n) is 13.7. The molecule has 0 aliphatic rings. The van der Waals surface area contributed by atoms with E-state index in [9.17, 15) is 19.2 Å². The highest BCUT2D eigenvalue weighted by atomic mass is 16.6. The molecule has 132 valence electrons. The maximum Gasteiger partial charge on any atom is 0.316 e. The number of carbonyl (C=O) groups is 4. The van der Waals surface area contributed by atoms with Crippen molar-refractivity contribution in [2.75, 3.05) is 0 Å². The molecule has 23 heavy (non-hydrogen) atoms. The normalized spacial score (nSPS) is 13.1. The van der Waals surface area contributed by atoms with Gasteiger partial charge >= 0.3 is 23.9 Å². The Bertz CT molecular complexity index is 379. The maximum atomic E-state index is 12.1. The molecule has 0 aromatic carbocycles. The minimum absolute atomic E-state index is 0.128. The molecule has 0 radical (unpaired) electrons. The van der Waals surface area contributed by atoms with Crippen LogP contribution in [0.3, 0.4) is 0 Å². The van der Waals surface area contributed by atoms with Gasteiger partial charge in [0.15, 0.2) is 0 Å². The fourth-order valence-electron chi connectivity index (χ4n) is 2.32. The number of carbonyl (C=O) groups excluding carboxylic acids is 2. The Kier molecular flexibility index (Phi) is 10.7. The van der Waals surface area contributed by atoms with E-state index in [1.807, 2.05) is 13.8 Å². The minimum Gasteiger partial charge on any atom is -0.481 e. The Balaban J connectivity index is 4.66. The van der Waals surface area contributed by atoms with E-state index in [0.29, 0.717) is 25.7 Å². The largest absolute Gasteiger partial charge is 0.481 e. The first kappa shape index (κ1) is 21.1. The van der Waals surface area contributed by atoms with E-state index < -0.39 is 35.7 Å². The number of carboxylic acids is 2. The van der Waals surface area contributed by atoms with Crippen molar-refractivity contribution in [3.05, 3.63) is 0 Å². The molecule has 0 saturated carbocycles. The van der Waals surface area contributed by atoms with Crippen molar-refractivity contribution < 1.29 is 34.1 Å². The van der Waals surface area contributed by atoms with Crippen molar-refractivity contribution in [1.29, 1.82) is 0 Å². The lowest BCUT2D eigenvalue weighted by Crippen LogP contribution is -2.27. The molecule has 2 unspecified atom stereocenters. The van der Waals surface area contributed by atoms with Crippen molar-refractivity contribution in [3.8, 4) is 0 Å². The van der Waals surface area contributed by atoms with Crippen LogP contribution in [0, 0.1) is 11.8 Å². The third-order valence-corrected chi connectivity index (χ3v) is 3.56. The molecular formula is C16H26O7. The lowest BCUT2D eigenvalue weighted by Gasteiger charge is -2.17. The Labute approximate surface area is 136 Å². The van der Waals surface area contributed by atoms with Crippen molar-refractivity contribution >= 4 is 23.9 Å². The summed E-state index contributed by atoms with van der Waals surface area (Å²) in [5.41, 5.74) is 0. The standard InChI is InChI=1S/C16H26O7/c1-3-5-11(7-9-13(17)18)15(21)23-16(22)12(6-4-2)8-10-14(19)20/h11-12H,3-10H2,1-2H3,(H,17,18)(H,19,20). The van der Waals surface area contributed by atoms with Gasteiger partial charge in [-0.2, -0.15) is 0 Å². The third kappa shape index (κ3) is 9.65. The predicted molar refractivity (Wildman–Crippen MR) is 81.6 cm³/mol. The Morgan fingerprint density at radius 3 is 1.35 bits per heavy atom. The van der Waals surface area contributed by atoms with Crippen LogP contribution in [0.4, 0.5) is 0 Å². The number of esters is 2. The van der Waals surface area contributed by atoms with Crippen LogP contribution in [-0.2, 0) is 23.9 Å². The van der Waals surface area contributed by atoms with Gasteiger partial charge in [0.1, 0.15) is 0 Å². The number of carboxylic acid groups (broad SMARTS) is 2. The van der Waals surface area contributed by atoms with E-state index in [1.54, 1.807) is 0 Å². The molecule has 7 nitrogen and oxygen atoms in total. The highest BCUT2D eigenvalue weighted by Crippen LogP contribution is 2.20. The topological polar surface area (TPSA) is 118 Å². The van der Waals surface area contributed by atoms with E-state index in [-0.39, 0.29) is 25.7 Å². The number of hydrogen-bond donors (Lipinski definition) is 2. The second kappa shape index (κ2) is 11.6. The lowest BCUT2D eigenvalue weighted by atomic mass is 9.96. The molecular weight excluding hydrogens is 304 g/mol. The maximum absolute atomic E-state index is 12.1. The smallest absolute Gasteiger partial charge is 0.316 e. The minimum atomic E-state index is -1.00. The summed E-state index contributed by atoms with van der Waals surface area (Å²) in [6, 6.07) is 0. The van der Waals surface area contributed by atoms with Gasteiger partial charge in [-0.3, -0.25) is 19.2 Å². The molecule has 0 aromatic rings. The summed E-state index contributed by atoms with van der Waals surface area (Å²) >= 11 is 0. The zero-order chi connectivity index (χ0) is 17.8. The van der Waals surface area contributed by atoms with E-state index in [0.717, 1.165) is 0 Å². The first-order chi connectivity index (χ1) is 10.8. The van der Waals surface area contributed by atoms with Crippen molar-refractivity contribution in [3.63, 3.8) is 0 Å². The molecule has 0 bridgehead atoms. The van der Waals surface area contributed by atoms with Gasteiger partial charge in [0.05, 0.1) is 11.8 Å². The van der Waals surface area contributed by atoms with Gasteiger partial charge in [0, 0.05) is 12.8 Å². The first-order valence-corrected chi connectivity index (χ1v) is 8.00. The second-order valence-electron chi connectivity index (χ2n) is 5.58. The van der Waals surface area contributed by atoms with Crippen LogP contribution in [0.5, 0.6) is 0 Å². The van der Waals surface area contributed by atoms with Crippen LogP contribution >= 0.6 is 0 Å². The van der Waals surface area contributed by atoms with E-state index >= 15 is 0 Å². The van der Waals surface area contributed by atoms with Crippen molar-refractivity contribution in [1.82, 2.24) is 0 Å². The summed E-state index contributed by atoms with van der Waals surface area (Å²) in [4.78, 5) is 45.3. The van der Waals surface area contributed by atoms with Crippen LogP contribution in [0.2, 0.25) is 0 Å². The summed E-state index contributed by atoms with van der Waals surface area (Å²) in [7, 11) is 0. The van der Waals surface area contributed by atoms with Crippen LogP contribution < -0.4 is 0 Å². The highest BCUT2D eigenvalue weighted by molar-refractivity contribution is 5.88. The van der Waals surface area contributed by atoms with Crippen LogP contribution in [-0.4, -0.2) is 34.1 Å². The van der Waals surface area contributed by atoms with Crippen molar-refractivity contribution in [2.45, 2.75) is 65.2 Å². The summed E-state index contributed by atoms with van der Waals surface area (Å²) in [5, 5.41) is 17.4. The molecule has 0 fully saturated rings. The van der Waals surface area contributed by atoms with Gasteiger partial charge in [0.2, 0.25) is 0 Å². The number of aliphatic carboxylic acids is 2. The van der Waals surface area contributed by atoms with Crippen molar-refractivity contribution in [2.24, 2.45) is 11.8 Å². The molecule has 0 heterocycles.